The molecule has 0 fully saturated rings. The summed E-state index contributed by atoms with van der Waals surface area (Å²) >= 11 is 6.22. The van der Waals surface area contributed by atoms with E-state index in [-0.39, 0.29) is 17.6 Å². The smallest absolute Gasteiger partial charge is 0.274 e. The van der Waals surface area contributed by atoms with E-state index in [2.05, 4.69) is 9.97 Å². The van der Waals surface area contributed by atoms with Crippen LogP contribution in [0.2, 0.25) is 0 Å². The van der Waals surface area contributed by atoms with Crippen molar-refractivity contribution in [3.8, 4) is 11.5 Å². The predicted molar refractivity (Wildman–Crippen MR) is 110 cm³/mol. The van der Waals surface area contributed by atoms with Gasteiger partial charge in [-0.25, -0.2) is 0 Å². The number of hydrogen-bond donors (Lipinski definition) is 3. The summed E-state index contributed by atoms with van der Waals surface area (Å²) in [5, 5.41) is 12.2. The molecular weight excluding hydrogens is 378 g/mol. The van der Waals surface area contributed by atoms with Gasteiger partial charge in [-0.1, -0.05) is 0 Å². The van der Waals surface area contributed by atoms with Crippen molar-refractivity contribution in [2.75, 3.05) is 24.4 Å². The number of carbonyl (C=O) groups is 1. The van der Waals surface area contributed by atoms with E-state index in [1.54, 1.807) is 24.3 Å². The zero-order valence-electron chi connectivity index (χ0n) is 15.1. The average Bonchev–Trinajstić information content (AvgIpc) is 3.42. The Bertz CT molecular complexity index is 1230. The minimum atomic E-state index is -0.154. The molecule has 2 aromatic carbocycles. The zero-order chi connectivity index (χ0) is 19.4. The number of ether oxygens (including phenoxy) is 1. The number of phenolic OH excluding ortho intramolecular Hbond substituents is 1. The molecule has 3 heterocycles. The first-order chi connectivity index (χ1) is 13.6. The predicted octanol–water partition coefficient (Wildman–Crippen LogP) is 4.35. The molecule has 3 N–H and O–H groups in total. The van der Waals surface area contributed by atoms with Crippen molar-refractivity contribution in [1.82, 2.24) is 9.97 Å². The highest BCUT2D eigenvalue weighted by atomic mass is 35.5. The quantitative estimate of drug-likeness (QED) is 0.451. The van der Waals surface area contributed by atoms with Crippen LogP contribution < -0.4 is 9.64 Å². The van der Waals surface area contributed by atoms with E-state index in [0.717, 1.165) is 27.6 Å². The molecule has 1 aliphatic heterocycles. The number of fused-ring (bicyclic) bond motifs is 4. The van der Waals surface area contributed by atoms with Gasteiger partial charge in [0.1, 0.15) is 17.2 Å². The number of rotatable bonds is 3. The number of aromatic amines is 2. The number of alkyl halides is 1. The topological polar surface area (TPSA) is 81.3 Å². The summed E-state index contributed by atoms with van der Waals surface area (Å²) in [4.78, 5) is 21.2. The third-order valence-electron chi connectivity index (χ3n) is 5.43. The first-order valence-electron chi connectivity index (χ1n) is 8.98. The van der Waals surface area contributed by atoms with Crippen LogP contribution in [0.3, 0.4) is 0 Å². The molecule has 2 aromatic heterocycles. The molecule has 4 aromatic rings. The van der Waals surface area contributed by atoms with Crippen LogP contribution in [0.1, 0.15) is 22.0 Å². The molecule has 0 bridgehead atoms. The first kappa shape index (κ1) is 17.0. The van der Waals surface area contributed by atoms with Gasteiger partial charge in [-0.15, -0.1) is 11.6 Å². The van der Waals surface area contributed by atoms with Gasteiger partial charge in [-0.05, 0) is 35.9 Å². The van der Waals surface area contributed by atoms with Crippen molar-refractivity contribution in [2.45, 2.75) is 5.92 Å². The van der Waals surface area contributed by atoms with Crippen LogP contribution in [0.4, 0.5) is 5.69 Å². The fourth-order valence-corrected chi connectivity index (χ4v) is 4.35. The van der Waals surface area contributed by atoms with E-state index in [1.807, 2.05) is 30.3 Å². The number of phenols is 1. The van der Waals surface area contributed by atoms with Gasteiger partial charge in [-0.2, -0.15) is 0 Å². The minimum Gasteiger partial charge on any atom is -0.506 e. The standard InChI is InChI=1S/C21H18ClN3O3/c1-28-13-2-3-15-11(6-13)7-16(24-15)21(27)25-10-12(9-22)19-14-4-5-23-20(14)18(26)8-17(19)25/h2-8,12,23-24,26H,9-10H2,1H3/t12-/m1/s1. The number of methoxy groups -OCH3 is 1. The Morgan fingerprint density at radius 3 is 2.96 bits per heavy atom. The van der Waals surface area contributed by atoms with E-state index >= 15 is 0 Å². The number of halogens is 1. The lowest BCUT2D eigenvalue weighted by atomic mass is 9.99. The Labute approximate surface area is 165 Å². The van der Waals surface area contributed by atoms with E-state index < -0.39 is 0 Å². The Morgan fingerprint density at radius 2 is 2.18 bits per heavy atom. The van der Waals surface area contributed by atoms with Crippen molar-refractivity contribution in [1.29, 1.82) is 0 Å². The number of hydrogen-bond acceptors (Lipinski definition) is 3. The number of aromatic nitrogens is 2. The molecule has 0 spiro atoms. The third-order valence-corrected chi connectivity index (χ3v) is 5.81. The molecule has 7 heteroatoms. The van der Waals surface area contributed by atoms with Gasteiger partial charge >= 0.3 is 0 Å². The molecule has 0 radical (unpaired) electrons. The van der Waals surface area contributed by atoms with Crippen LogP contribution in [0, 0.1) is 0 Å². The summed E-state index contributed by atoms with van der Waals surface area (Å²) in [7, 11) is 1.61. The molecule has 0 saturated carbocycles. The van der Waals surface area contributed by atoms with Crippen molar-refractivity contribution in [3.05, 3.63) is 53.9 Å². The second-order valence-electron chi connectivity index (χ2n) is 7.00. The normalized spacial score (nSPS) is 16.1. The van der Waals surface area contributed by atoms with E-state index in [0.29, 0.717) is 29.3 Å². The molecule has 28 heavy (non-hydrogen) atoms. The SMILES string of the molecule is COc1ccc2[nH]c(C(=O)N3C[C@@H](CCl)c4c3cc(O)c3[nH]ccc43)cc2c1. The summed E-state index contributed by atoms with van der Waals surface area (Å²) in [6.07, 6.45) is 1.78. The van der Waals surface area contributed by atoms with Crippen LogP contribution in [-0.4, -0.2) is 40.5 Å². The van der Waals surface area contributed by atoms with Crippen LogP contribution in [-0.2, 0) is 0 Å². The summed E-state index contributed by atoms with van der Waals surface area (Å²) in [6.45, 7) is 0.472. The highest BCUT2D eigenvalue weighted by Gasteiger charge is 2.35. The Balaban J connectivity index is 1.61. The highest BCUT2D eigenvalue weighted by molar-refractivity contribution is 6.19. The summed E-state index contributed by atoms with van der Waals surface area (Å²) in [5.74, 6) is 1.10. The Kier molecular flexibility index (Phi) is 3.77. The molecule has 0 saturated heterocycles. The van der Waals surface area contributed by atoms with Crippen molar-refractivity contribution >= 4 is 45.0 Å². The van der Waals surface area contributed by atoms with Crippen LogP contribution >= 0.6 is 11.6 Å². The third kappa shape index (κ3) is 2.38. The monoisotopic (exact) mass is 395 g/mol. The van der Waals surface area contributed by atoms with Crippen molar-refractivity contribution in [3.63, 3.8) is 0 Å². The summed E-state index contributed by atoms with van der Waals surface area (Å²) < 4.78 is 5.26. The van der Waals surface area contributed by atoms with Gasteiger partial charge in [-0.3, -0.25) is 4.79 Å². The number of amides is 1. The number of carbonyl (C=O) groups excluding carboxylic acids is 1. The van der Waals surface area contributed by atoms with E-state index in [1.165, 1.54) is 0 Å². The number of nitrogens with zero attached hydrogens (tertiary/aromatic N) is 1. The summed E-state index contributed by atoms with van der Waals surface area (Å²) in [6, 6.07) is 11.0. The van der Waals surface area contributed by atoms with Crippen molar-refractivity contribution < 1.29 is 14.6 Å². The van der Waals surface area contributed by atoms with Gasteiger partial charge in [0.2, 0.25) is 0 Å². The lowest BCUT2D eigenvalue weighted by Gasteiger charge is -2.17. The molecule has 1 atom stereocenters. The van der Waals surface area contributed by atoms with Gasteiger partial charge in [0, 0.05) is 46.9 Å². The number of aromatic hydroxyl groups is 1. The zero-order valence-corrected chi connectivity index (χ0v) is 15.9. The molecule has 1 amide bonds. The fourth-order valence-electron chi connectivity index (χ4n) is 4.10. The average molecular weight is 396 g/mol. The van der Waals surface area contributed by atoms with Gasteiger partial charge in [0.05, 0.1) is 18.3 Å². The molecular formula is C21H18ClN3O3. The first-order valence-corrected chi connectivity index (χ1v) is 9.51. The van der Waals surface area contributed by atoms with Gasteiger partial charge in [0.15, 0.2) is 0 Å². The number of anilines is 1. The molecule has 6 nitrogen and oxygen atoms in total. The van der Waals surface area contributed by atoms with E-state index in [9.17, 15) is 9.90 Å². The summed E-state index contributed by atoms with van der Waals surface area (Å²) in [5.41, 5.74) is 3.71. The van der Waals surface area contributed by atoms with Crippen LogP contribution in [0.25, 0.3) is 21.8 Å². The Hall–Kier alpha value is -3.12. The van der Waals surface area contributed by atoms with Gasteiger partial charge < -0.3 is 24.7 Å². The van der Waals surface area contributed by atoms with Crippen molar-refractivity contribution in [2.24, 2.45) is 0 Å². The lowest BCUT2D eigenvalue weighted by molar-refractivity contribution is 0.0984. The fraction of sp³-hybridized carbons (Fsp3) is 0.190. The van der Waals surface area contributed by atoms with Gasteiger partial charge in [0.25, 0.3) is 5.91 Å². The molecule has 1 aliphatic rings. The maximum Gasteiger partial charge on any atom is 0.274 e. The highest BCUT2D eigenvalue weighted by Crippen LogP contribution is 2.45. The number of H-pyrrole nitrogens is 2. The maximum absolute atomic E-state index is 13.3. The minimum absolute atomic E-state index is 0.00369. The second kappa shape index (κ2) is 6.21. The second-order valence-corrected chi connectivity index (χ2v) is 7.31. The molecule has 0 aliphatic carbocycles. The number of nitrogens with one attached hydrogen (secondary N) is 2. The molecule has 142 valence electrons. The Morgan fingerprint density at radius 1 is 1.32 bits per heavy atom. The lowest BCUT2D eigenvalue weighted by Crippen LogP contribution is -2.30. The molecule has 5 rings (SSSR count). The van der Waals surface area contributed by atoms with Crippen LogP contribution in [0.5, 0.6) is 11.5 Å². The largest absolute Gasteiger partial charge is 0.506 e. The molecule has 0 unspecified atom stereocenters. The van der Waals surface area contributed by atoms with E-state index in [4.69, 9.17) is 16.3 Å². The van der Waals surface area contributed by atoms with Crippen LogP contribution in [0.15, 0.2) is 42.6 Å². The number of benzene rings is 2. The maximum atomic E-state index is 13.3.